The lowest BCUT2D eigenvalue weighted by Gasteiger charge is -2.49. The summed E-state index contributed by atoms with van der Waals surface area (Å²) in [6, 6.07) is -0.218. The molecule has 290 valence electrons. The van der Waals surface area contributed by atoms with E-state index < -0.39 is 102 Å². The number of rotatable bonds is 7. The van der Waals surface area contributed by atoms with Crippen LogP contribution in [0, 0.1) is 23.7 Å². The lowest BCUT2D eigenvalue weighted by Crippen LogP contribution is -2.61. The van der Waals surface area contributed by atoms with Crippen LogP contribution in [0.5, 0.6) is 0 Å². The van der Waals surface area contributed by atoms with E-state index in [-0.39, 0.29) is 24.5 Å². The van der Waals surface area contributed by atoms with Crippen molar-refractivity contribution >= 4 is 5.97 Å². The predicted molar refractivity (Wildman–Crippen MR) is 182 cm³/mol. The Morgan fingerprint density at radius 1 is 0.920 bits per heavy atom. The zero-order valence-corrected chi connectivity index (χ0v) is 32.5. The minimum absolute atomic E-state index is 0.194. The monoisotopic (exact) mass is 715 g/mol. The molecule has 13 heteroatoms. The van der Waals surface area contributed by atoms with Gasteiger partial charge in [-0.25, -0.2) is 0 Å². The number of hydrogen-bond acceptors (Lipinski definition) is 13. The maximum absolute atomic E-state index is 14.2. The van der Waals surface area contributed by atoms with Crippen molar-refractivity contribution in [2.24, 2.45) is 23.7 Å². The third-order valence-electron chi connectivity index (χ3n) is 12.9. The molecule has 5 fully saturated rings. The van der Waals surface area contributed by atoms with E-state index in [0.717, 1.165) is 0 Å². The predicted octanol–water partition coefficient (Wildman–Crippen LogP) is 2.99. The van der Waals surface area contributed by atoms with Gasteiger partial charge < -0.3 is 58.1 Å². The summed E-state index contributed by atoms with van der Waals surface area (Å²) in [6.45, 7) is 18.9. The van der Waals surface area contributed by atoms with Crippen LogP contribution in [0.4, 0.5) is 0 Å². The first-order chi connectivity index (χ1) is 23.2. The van der Waals surface area contributed by atoms with Gasteiger partial charge in [0, 0.05) is 37.3 Å². The number of ether oxygens (including phenoxy) is 8. The number of aliphatic hydroxyl groups excluding tert-OH is 3. The number of fused-ring (bicyclic) bond motifs is 2. The summed E-state index contributed by atoms with van der Waals surface area (Å²) in [6.07, 6.45) is -6.22. The molecule has 19 atom stereocenters. The maximum Gasteiger partial charge on any atom is 0.311 e. The fourth-order valence-corrected chi connectivity index (χ4v) is 9.81. The molecule has 50 heavy (non-hydrogen) atoms. The summed E-state index contributed by atoms with van der Waals surface area (Å²) in [4.78, 5) is 16.2. The second kappa shape index (κ2) is 14.4. The topological polar surface area (TPSA) is 155 Å². The van der Waals surface area contributed by atoms with E-state index >= 15 is 0 Å². The number of likely N-dealkylation sites (N-methyl/N-ethyl adjacent to an activating group) is 1. The number of methoxy groups -OCH3 is 1. The molecule has 0 aromatic carbocycles. The van der Waals surface area contributed by atoms with Gasteiger partial charge in [-0.15, -0.1) is 0 Å². The normalized spacial score (nSPS) is 54.7. The molecule has 0 radical (unpaired) electrons. The molecule has 1 spiro atoms. The molecule has 5 saturated heterocycles. The van der Waals surface area contributed by atoms with Crippen LogP contribution in [0.25, 0.3) is 0 Å². The molecular weight excluding hydrogens is 650 g/mol. The molecule has 0 aliphatic carbocycles. The zero-order chi connectivity index (χ0) is 37.3. The summed E-state index contributed by atoms with van der Waals surface area (Å²) in [5, 5.41) is 34.4. The average molecular weight is 716 g/mol. The van der Waals surface area contributed by atoms with Crippen molar-refractivity contribution in [3.8, 4) is 0 Å². The van der Waals surface area contributed by atoms with Gasteiger partial charge in [0.15, 0.2) is 18.4 Å². The molecule has 3 N–H and O–H groups in total. The lowest BCUT2D eigenvalue weighted by atomic mass is 9.77. The molecule has 0 aromatic heterocycles. The van der Waals surface area contributed by atoms with E-state index in [9.17, 15) is 20.1 Å². The van der Waals surface area contributed by atoms with Gasteiger partial charge in [0.05, 0.1) is 47.6 Å². The molecule has 0 aromatic rings. The third-order valence-corrected chi connectivity index (χ3v) is 12.9. The summed E-state index contributed by atoms with van der Waals surface area (Å²) >= 11 is 0. The number of carbonyl (C=O) groups excluding carboxylic acids is 1. The van der Waals surface area contributed by atoms with Crippen LogP contribution in [0.15, 0.2) is 0 Å². The SMILES string of the molecule is CC[C@H]1OC(=O)[C@H](C)[C@@H](OC2C[C@@](C)(OC)[C@@H](O)[C@H](C)O2)[C@H](C)[C@@H](OC2O[C@H](C)C[C@H](N(C)C)[C@H]2O)[C@@]2(C)C[C@@H](C)C3(OC1(C)[C@H](O)[C@H]3C)O2. The summed E-state index contributed by atoms with van der Waals surface area (Å²) in [5.74, 6) is -3.80. The smallest absolute Gasteiger partial charge is 0.311 e. The Morgan fingerprint density at radius 3 is 2.18 bits per heavy atom. The van der Waals surface area contributed by atoms with Crippen LogP contribution in [0.2, 0.25) is 0 Å². The number of cyclic esters (lactones) is 1. The van der Waals surface area contributed by atoms with E-state index in [0.29, 0.717) is 19.3 Å². The number of nitrogens with zero attached hydrogens (tertiary/aromatic N) is 1. The van der Waals surface area contributed by atoms with Crippen molar-refractivity contribution in [2.75, 3.05) is 21.2 Å². The highest BCUT2D eigenvalue weighted by Crippen LogP contribution is 2.59. The standard InChI is InChI=1S/C37H65NO12/c1-14-25-36(10)29(40)22(6)37(50-36)18(2)16-35(9,49-37)31(48-33-27(39)24(38(11)12)15-19(3)44-33)20(4)28(21(5)32(42)46-25)47-26-17-34(8,43-13)30(41)23(7)45-26/h18-31,33,39-41H,14-17H2,1-13H3/t18-,19-,20+,21-,22-,23+,24+,25-,26?,27-,28+,29-,30+,31-,33?,34-,35-,36?,37?/m1/s1. The zero-order valence-electron chi connectivity index (χ0n) is 32.5. The first-order valence-electron chi connectivity index (χ1n) is 18.7. The minimum atomic E-state index is -1.25. The molecule has 13 nitrogen and oxygen atoms in total. The van der Waals surface area contributed by atoms with Gasteiger partial charge in [-0.05, 0) is 74.9 Å². The van der Waals surface area contributed by atoms with Crippen LogP contribution in [0.1, 0.15) is 94.9 Å². The fourth-order valence-electron chi connectivity index (χ4n) is 9.81. The van der Waals surface area contributed by atoms with Gasteiger partial charge in [0.1, 0.15) is 23.9 Å². The molecule has 4 unspecified atom stereocenters. The van der Waals surface area contributed by atoms with Crippen LogP contribution in [-0.2, 0) is 42.7 Å². The Hall–Kier alpha value is -0.970. The molecular formula is C37H65NO12. The second-order valence-electron chi connectivity index (χ2n) is 16.9. The van der Waals surface area contributed by atoms with Crippen LogP contribution >= 0.6 is 0 Å². The Morgan fingerprint density at radius 2 is 1.58 bits per heavy atom. The maximum atomic E-state index is 14.2. The summed E-state index contributed by atoms with van der Waals surface area (Å²) < 4.78 is 52.3. The number of hydrogen-bond donors (Lipinski definition) is 3. The Balaban J connectivity index is 1.62. The summed E-state index contributed by atoms with van der Waals surface area (Å²) in [5.41, 5.74) is -3.25. The minimum Gasteiger partial charge on any atom is -0.459 e. The third kappa shape index (κ3) is 6.69. The van der Waals surface area contributed by atoms with Gasteiger partial charge in [0.2, 0.25) is 0 Å². The molecule has 5 rings (SSSR count). The molecule has 5 aliphatic heterocycles. The van der Waals surface area contributed by atoms with E-state index in [2.05, 4.69) is 6.92 Å². The van der Waals surface area contributed by atoms with Crippen molar-refractivity contribution in [3.63, 3.8) is 0 Å². The lowest BCUT2D eigenvalue weighted by molar-refractivity contribution is -0.344. The Labute approximate surface area is 298 Å². The van der Waals surface area contributed by atoms with Gasteiger partial charge in [-0.2, -0.15) is 0 Å². The van der Waals surface area contributed by atoms with E-state index in [1.807, 2.05) is 60.5 Å². The molecule has 5 heterocycles. The van der Waals surface area contributed by atoms with E-state index in [1.54, 1.807) is 27.9 Å². The quantitative estimate of drug-likeness (QED) is 0.331. The number of aliphatic hydroxyl groups is 3. The van der Waals surface area contributed by atoms with Crippen molar-refractivity contribution in [1.82, 2.24) is 4.90 Å². The first kappa shape index (κ1) is 40.2. The molecule has 0 saturated carbocycles. The van der Waals surface area contributed by atoms with Crippen LogP contribution in [0.3, 0.4) is 0 Å². The highest BCUT2D eigenvalue weighted by Gasteiger charge is 2.71. The first-order valence-corrected chi connectivity index (χ1v) is 18.7. The van der Waals surface area contributed by atoms with Crippen molar-refractivity contribution in [1.29, 1.82) is 0 Å². The second-order valence-corrected chi connectivity index (χ2v) is 16.9. The van der Waals surface area contributed by atoms with Crippen LogP contribution < -0.4 is 0 Å². The fraction of sp³-hybridized carbons (Fsp3) is 0.973. The Kier molecular flexibility index (Phi) is 11.5. The number of esters is 1. The molecule has 0 amide bonds. The Bertz CT molecular complexity index is 1210. The van der Waals surface area contributed by atoms with E-state index in [1.165, 1.54) is 0 Å². The van der Waals surface area contributed by atoms with Gasteiger partial charge >= 0.3 is 5.97 Å². The van der Waals surface area contributed by atoms with Gasteiger partial charge in [-0.1, -0.05) is 27.7 Å². The molecule has 5 aliphatic rings. The van der Waals surface area contributed by atoms with E-state index in [4.69, 9.17) is 37.9 Å². The highest BCUT2D eigenvalue weighted by molar-refractivity contribution is 5.73. The largest absolute Gasteiger partial charge is 0.459 e. The number of carbonyl (C=O) groups is 1. The highest BCUT2D eigenvalue weighted by atomic mass is 16.8. The van der Waals surface area contributed by atoms with Crippen molar-refractivity contribution < 1.29 is 58.0 Å². The average Bonchev–Trinajstić information content (AvgIpc) is 3.42. The molecule has 3 bridgehead atoms. The summed E-state index contributed by atoms with van der Waals surface area (Å²) in [7, 11) is 5.39. The van der Waals surface area contributed by atoms with Gasteiger partial charge in [-0.3, -0.25) is 4.79 Å². The van der Waals surface area contributed by atoms with Gasteiger partial charge in [0.25, 0.3) is 0 Å². The van der Waals surface area contributed by atoms with Crippen molar-refractivity contribution in [3.05, 3.63) is 0 Å². The van der Waals surface area contributed by atoms with Crippen LogP contribution in [-0.4, -0.2) is 137 Å². The van der Waals surface area contributed by atoms with Crippen molar-refractivity contribution in [2.45, 2.75) is 185 Å².